The number of likely N-dealkylation sites (tertiary alicyclic amines) is 1. The maximum atomic E-state index is 12.8. The summed E-state index contributed by atoms with van der Waals surface area (Å²) < 4.78 is 5.82. The summed E-state index contributed by atoms with van der Waals surface area (Å²) in [6.07, 6.45) is 6.23. The van der Waals surface area contributed by atoms with Crippen LogP contribution in [-0.2, 0) is 14.3 Å². The maximum absolute atomic E-state index is 12.8. The molecule has 2 aliphatic rings. The Bertz CT molecular complexity index is 771. The Balaban J connectivity index is 1.80. The molecule has 0 spiro atoms. The van der Waals surface area contributed by atoms with Crippen molar-refractivity contribution in [3.63, 3.8) is 0 Å². The number of aromatic nitrogens is 1. The lowest BCUT2D eigenvalue weighted by Gasteiger charge is -2.28. The van der Waals surface area contributed by atoms with Gasteiger partial charge in [-0.25, -0.2) is 0 Å². The van der Waals surface area contributed by atoms with Crippen molar-refractivity contribution < 1.29 is 14.3 Å². The van der Waals surface area contributed by atoms with Gasteiger partial charge in [0.15, 0.2) is 0 Å². The van der Waals surface area contributed by atoms with Gasteiger partial charge in [0.2, 0.25) is 11.7 Å². The van der Waals surface area contributed by atoms with Gasteiger partial charge in [-0.15, -0.1) is 5.10 Å². The van der Waals surface area contributed by atoms with Gasteiger partial charge in [0.25, 0.3) is 5.91 Å². The van der Waals surface area contributed by atoms with Gasteiger partial charge >= 0.3 is 0 Å². The first-order valence-electron chi connectivity index (χ1n) is 9.47. The van der Waals surface area contributed by atoms with Gasteiger partial charge in [0, 0.05) is 36.3 Å². The molecule has 0 radical (unpaired) electrons. The van der Waals surface area contributed by atoms with Crippen molar-refractivity contribution in [3.05, 3.63) is 30.1 Å². The second-order valence-corrected chi connectivity index (χ2v) is 7.55. The monoisotopic (exact) mass is 370 g/mol. The molecule has 3 heterocycles. The number of hydrogen-bond acceptors (Lipinski definition) is 6. The molecule has 0 bridgehead atoms. The van der Waals surface area contributed by atoms with Crippen LogP contribution in [-0.4, -0.2) is 52.4 Å². The minimum Gasteiger partial charge on any atom is -0.478 e. The average molecular weight is 370 g/mol. The molecule has 3 rings (SSSR count). The van der Waals surface area contributed by atoms with E-state index >= 15 is 0 Å². The number of nitrogens with zero attached hydrogens (tertiary/aromatic N) is 4. The van der Waals surface area contributed by atoms with E-state index in [1.54, 1.807) is 17.3 Å². The number of carbonyl (C=O) groups excluding carboxylic acids is 2. The van der Waals surface area contributed by atoms with Crippen molar-refractivity contribution in [2.75, 3.05) is 13.2 Å². The Labute approximate surface area is 159 Å². The maximum Gasteiger partial charge on any atom is 0.291 e. The Morgan fingerprint density at radius 2 is 2.15 bits per heavy atom. The number of hydrogen-bond donors (Lipinski definition) is 0. The molecule has 27 heavy (non-hydrogen) atoms. The summed E-state index contributed by atoms with van der Waals surface area (Å²) in [5.74, 6) is -0.385. The molecule has 0 saturated carbocycles. The zero-order chi connectivity index (χ0) is 19.4. The standard InChI is InChI=1S/C20H26N4O3/c1-4-20(2,3)17(25)19(26)24-11-6-8-16(24)18-23-22-15(9-12-27-18)14-7-5-10-21-13-14/h5,7,10,13,16H,4,6,8-9,11-12H2,1-3H3/t16-/m0/s1. The zero-order valence-corrected chi connectivity index (χ0v) is 16.1. The van der Waals surface area contributed by atoms with Gasteiger partial charge in [-0.05, 0) is 25.3 Å². The molecule has 1 fully saturated rings. The van der Waals surface area contributed by atoms with Crippen LogP contribution in [0.5, 0.6) is 0 Å². The predicted molar refractivity (Wildman–Crippen MR) is 103 cm³/mol. The molecule has 0 aliphatic carbocycles. The zero-order valence-electron chi connectivity index (χ0n) is 16.1. The number of carbonyl (C=O) groups is 2. The number of Topliss-reactive ketones (excluding diaryl/α,β-unsaturated/α-hetero) is 1. The van der Waals surface area contributed by atoms with E-state index in [9.17, 15) is 9.59 Å². The SMILES string of the molecule is CCC(C)(C)C(=O)C(=O)N1CCC[C@H]1C1=NN=C(c2cccnc2)CCO1. The van der Waals surface area contributed by atoms with Crippen LogP contribution < -0.4 is 0 Å². The van der Waals surface area contributed by atoms with E-state index < -0.39 is 11.3 Å². The number of amides is 1. The van der Waals surface area contributed by atoms with Gasteiger partial charge in [-0.2, -0.15) is 5.10 Å². The summed E-state index contributed by atoms with van der Waals surface area (Å²) in [6, 6.07) is 3.46. The highest BCUT2D eigenvalue weighted by molar-refractivity contribution is 6.38. The topological polar surface area (TPSA) is 84.2 Å². The quantitative estimate of drug-likeness (QED) is 0.746. The molecule has 1 aromatic rings. The lowest BCUT2D eigenvalue weighted by atomic mass is 9.84. The smallest absolute Gasteiger partial charge is 0.291 e. The second kappa shape index (κ2) is 7.98. The van der Waals surface area contributed by atoms with Gasteiger partial charge in [-0.3, -0.25) is 14.6 Å². The number of rotatable bonds is 5. The molecule has 7 heteroatoms. The van der Waals surface area contributed by atoms with E-state index in [-0.39, 0.29) is 11.8 Å². The molecule has 2 aliphatic heterocycles. The number of pyridine rings is 1. The highest BCUT2D eigenvalue weighted by atomic mass is 16.5. The lowest BCUT2D eigenvalue weighted by Crippen LogP contribution is -2.47. The van der Waals surface area contributed by atoms with Crippen molar-refractivity contribution >= 4 is 23.3 Å². The average Bonchev–Trinajstić information content (AvgIpc) is 3.05. The minimum absolute atomic E-state index is 0.328. The van der Waals surface area contributed by atoms with Crippen molar-refractivity contribution in [1.82, 2.24) is 9.88 Å². The third-order valence-corrected chi connectivity index (χ3v) is 5.34. The van der Waals surface area contributed by atoms with E-state index in [1.165, 1.54) is 0 Å². The Morgan fingerprint density at radius 1 is 1.33 bits per heavy atom. The van der Waals surface area contributed by atoms with Crippen LogP contribution in [0.4, 0.5) is 0 Å². The first-order chi connectivity index (χ1) is 12.9. The van der Waals surface area contributed by atoms with E-state index in [1.807, 2.05) is 32.9 Å². The Kier molecular flexibility index (Phi) is 5.68. The van der Waals surface area contributed by atoms with E-state index in [0.717, 1.165) is 24.1 Å². The van der Waals surface area contributed by atoms with Crippen LogP contribution in [0.3, 0.4) is 0 Å². The normalized spacial score (nSPS) is 20.4. The molecular formula is C20H26N4O3. The van der Waals surface area contributed by atoms with Crippen LogP contribution >= 0.6 is 0 Å². The van der Waals surface area contributed by atoms with Gasteiger partial charge in [-0.1, -0.05) is 26.8 Å². The van der Waals surface area contributed by atoms with Crippen molar-refractivity contribution in [2.45, 2.75) is 52.5 Å². The summed E-state index contributed by atoms with van der Waals surface area (Å²) in [6.45, 7) is 6.50. The fourth-order valence-electron chi connectivity index (χ4n) is 3.19. The molecule has 1 aromatic heterocycles. The molecule has 1 saturated heterocycles. The van der Waals surface area contributed by atoms with Crippen LogP contribution in [0, 0.1) is 5.41 Å². The molecule has 144 valence electrons. The van der Waals surface area contributed by atoms with Crippen molar-refractivity contribution in [2.24, 2.45) is 15.6 Å². The van der Waals surface area contributed by atoms with Crippen LogP contribution in [0.15, 0.2) is 34.7 Å². The van der Waals surface area contributed by atoms with E-state index in [4.69, 9.17) is 4.74 Å². The summed E-state index contributed by atoms with van der Waals surface area (Å²) in [5.41, 5.74) is 1.05. The summed E-state index contributed by atoms with van der Waals surface area (Å²) in [4.78, 5) is 31.1. The fourth-order valence-corrected chi connectivity index (χ4v) is 3.19. The Hall–Kier alpha value is -2.57. The molecule has 1 atom stereocenters. The fraction of sp³-hybridized carbons (Fsp3) is 0.550. The van der Waals surface area contributed by atoms with E-state index in [2.05, 4.69) is 15.2 Å². The van der Waals surface area contributed by atoms with Gasteiger partial charge < -0.3 is 9.64 Å². The van der Waals surface area contributed by atoms with E-state index in [0.29, 0.717) is 31.9 Å². The molecular weight excluding hydrogens is 344 g/mol. The summed E-state index contributed by atoms with van der Waals surface area (Å²) >= 11 is 0. The van der Waals surface area contributed by atoms with Crippen molar-refractivity contribution in [3.8, 4) is 0 Å². The van der Waals surface area contributed by atoms with Crippen LogP contribution in [0.2, 0.25) is 0 Å². The highest BCUT2D eigenvalue weighted by Gasteiger charge is 2.41. The van der Waals surface area contributed by atoms with Crippen LogP contribution in [0.1, 0.15) is 52.0 Å². The molecule has 0 unspecified atom stereocenters. The summed E-state index contributed by atoms with van der Waals surface area (Å²) in [7, 11) is 0. The number of ketones is 1. The van der Waals surface area contributed by atoms with Gasteiger partial charge in [0.05, 0.1) is 12.3 Å². The largest absolute Gasteiger partial charge is 0.478 e. The first kappa shape index (κ1) is 19.2. The first-order valence-corrected chi connectivity index (χ1v) is 9.47. The third-order valence-electron chi connectivity index (χ3n) is 5.34. The molecule has 7 nitrogen and oxygen atoms in total. The minimum atomic E-state index is -0.665. The number of ether oxygens (including phenoxy) is 1. The summed E-state index contributed by atoms with van der Waals surface area (Å²) in [5, 5.41) is 8.63. The Morgan fingerprint density at radius 3 is 2.85 bits per heavy atom. The molecule has 1 amide bonds. The molecule has 0 aromatic carbocycles. The van der Waals surface area contributed by atoms with Gasteiger partial charge in [0.1, 0.15) is 6.04 Å². The van der Waals surface area contributed by atoms with Crippen LogP contribution in [0.25, 0.3) is 0 Å². The lowest BCUT2D eigenvalue weighted by molar-refractivity contribution is -0.149. The molecule has 0 N–H and O–H groups in total. The highest BCUT2D eigenvalue weighted by Crippen LogP contribution is 2.26. The second-order valence-electron chi connectivity index (χ2n) is 7.55. The third kappa shape index (κ3) is 4.07. The predicted octanol–water partition coefficient (Wildman–Crippen LogP) is 2.60. The van der Waals surface area contributed by atoms with Crippen molar-refractivity contribution in [1.29, 1.82) is 0 Å².